The monoisotopic (exact) mass is 368 g/mol. The quantitative estimate of drug-likeness (QED) is 0.567. The van der Waals surface area contributed by atoms with Crippen molar-refractivity contribution in [2.75, 3.05) is 13.1 Å². The average molecular weight is 369 g/mol. The zero-order chi connectivity index (χ0) is 17.4. The van der Waals surface area contributed by atoms with E-state index in [1.54, 1.807) is 0 Å². The van der Waals surface area contributed by atoms with Gasteiger partial charge in [-0.05, 0) is 37.1 Å². The Labute approximate surface area is 155 Å². The van der Waals surface area contributed by atoms with Crippen LogP contribution in [-0.4, -0.2) is 28.9 Å². The number of para-hydroxylation sites is 1. The maximum atomic E-state index is 13.2. The van der Waals surface area contributed by atoms with E-state index in [1.807, 2.05) is 47.4 Å². The number of likely N-dealkylation sites (tertiary alicyclic amines) is 1. The summed E-state index contributed by atoms with van der Waals surface area (Å²) < 4.78 is 0.715. The van der Waals surface area contributed by atoms with Crippen LogP contribution in [0.15, 0.2) is 54.6 Å². The standard InChI is InChI=1S/C20H17ClN2OS/c1-13-8-10-23(11-9-13)20(24)15-12-17(18-6-7-19(21)25-18)22-16-5-3-2-4-14(15)16/h2-7,12H,1,8-11H2. The number of piperidine rings is 1. The van der Waals surface area contributed by atoms with Crippen LogP contribution in [0.4, 0.5) is 0 Å². The van der Waals surface area contributed by atoms with E-state index in [1.165, 1.54) is 16.9 Å². The summed E-state index contributed by atoms with van der Waals surface area (Å²) in [7, 11) is 0. The van der Waals surface area contributed by atoms with Gasteiger partial charge in [0.05, 0.1) is 26.0 Å². The van der Waals surface area contributed by atoms with Gasteiger partial charge in [0.25, 0.3) is 5.91 Å². The van der Waals surface area contributed by atoms with Crippen LogP contribution in [0.25, 0.3) is 21.5 Å². The Hall–Kier alpha value is -2.17. The molecular weight excluding hydrogens is 352 g/mol. The largest absolute Gasteiger partial charge is 0.338 e. The summed E-state index contributed by atoms with van der Waals surface area (Å²) in [6.07, 6.45) is 1.75. The lowest BCUT2D eigenvalue weighted by Crippen LogP contribution is -2.36. The number of nitrogens with zero attached hydrogens (tertiary/aromatic N) is 2. The lowest BCUT2D eigenvalue weighted by Gasteiger charge is -2.28. The zero-order valence-corrected chi connectivity index (χ0v) is 15.2. The molecular formula is C20H17ClN2OS. The van der Waals surface area contributed by atoms with Crippen LogP contribution in [0.5, 0.6) is 0 Å². The Morgan fingerprint density at radius 3 is 2.64 bits per heavy atom. The van der Waals surface area contributed by atoms with Gasteiger partial charge in [-0.1, -0.05) is 42.0 Å². The van der Waals surface area contributed by atoms with Gasteiger partial charge >= 0.3 is 0 Å². The molecule has 3 heterocycles. The topological polar surface area (TPSA) is 33.2 Å². The van der Waals surface area contributed by atoms with Gasteiger partial charge < -0.3 is 4.90 Å². The van der Waals surface area contributed by atoms with Gasteiger partial charge in [0.2, 0.25) is 0 Å². The van der Waals surface area contributed by atoms with E-state index in [4.69, 9.17) is 16.6 Å². The second-order valence-electron chi connectivity index (χ2n) is 6.22. The van der Waals surface area contributed by atoms with E-state index in [-0.39, 0.29) is 5.91 Å². The van der Waals surface area contributed by atoms with Gasteiger partial charge in [-0.3, -0.25) is 4.79 Å². The van der Waals surface area contributed by atoms with Crippen molar-refractivity contribution in [3.63, 3.8) is 0 Å². The molecule has 2 aromatic heterocycles. The fraction of sp³-hybridized carbons (Fsp3) is 0.200. The molecule has 0 radical (unpaired) electrons. The summed E-state index contributed by atoms with van der Waals surface area (Å²) >= 11 is 7.55. The lowest BCUT2D eigenvalue weighted by atomic mass is 10.0. The van der Waals surface area contributed by atoms with E-state index >= 15 is 0 Å². The number of carbonyl (C=O) groups excluding carboxylic acids is 1. The molecule has 0 unspecified atom stereocenters. The fourth-order valence-corrected chi connectivity index (χ4v) is 4.13. The molecule has 3 aromatic rings. The first-order valence-electron chi connectivity index (χ1n) is 8.23. The number of carbonyl (C=O) groups is 1. The Bertz CT molecular complexity index is 969. The zero-order valence-electron chi connectivity index (χ0n) is 13.7. The lowest BCUT2D eigenvalue weighted by molar-refractivity contribution is 0.0746. The summed E-state index contributed by atoms with van der Waals surface area (Å²) in [5.74, 6) is 0.0648. The van der Waals surface area contributed by atoms with E-state index < -0.39 is 0 Å². The number of aromatic nitrogens is 1. The van der Waals surface area contributed by atoms with Crippen molar-refractivity contribution in [2.24, 2.45) is 0 Å². The van der Waals surface area contributed by atoms with Crippen LogP contribution in [0.3, 0.4) is 0 Å². The third kappa shape index (κ3) is 3.20. The molecule has 1 aliphatic heterocycles. The number of thiophene rings is 1. The second kappa shape index (κ2) is 6.62. The number of fused-ring (bicyclic) bond motifs is 1. The molecule has 0 saturated carbocycles. The highest BCUT2D eigenvalue weighted by Crippen LogP contribution is 2.33. The highest BCUT2D eigenvalue weighted by atomic mass is 35.5. The maximum Gasteiger partial charge on any atom is 0.254 e. The molecule has 1 aliphatic rings. The molecule has 0 aliphatic carbocycles. The van der Waals surface area contributed by atoms with Crippen LogP contribution in [0, 0.1) is 0 Å². The van der Waals surface area contributed by atoms with Gasteiger partial charge in [-0.2, -0.15) is 0 Å². The van der Waals surface area contributed by atoms with E-state index in [9.17, 15) is 4.79 Å². The molecule has 0 N–H and O–H groups in total. The minimum atomic E-state index is 0.0648. The summed E-state index contributed by atoms with van der Waals surface area (Å²) in [5, 5.41) is 0.892. The fourth-order valence-electron chi connectivity index (χ4n) is 3.13. The molecule has 1 saturated heterocycles. The van der Waals surface area contributed by atoms with Crippen molar-refractivity contribution < 1.29 is 4.79 Å². The second-order valence-corrected chi connectivity index (χ2v) is 7.93. The van der Waals surface area contributed by atoms with Gasteiger partial charge in [-0.25, -0.2) is 4.98 Å². The average Bonchev–Trinajstić information content (AvgIpc) is 3.07. The Morgan fingerprint density at radius 2 is 1.92 bits per heavy atom. The molecule has 126 valence electrons. The van der Waals surface area contributed by atoms with Crippen molar-refractivity contribution in [1.82, 2.24) is 9.88 Å². The van der Waals surface area contributed by atoms with Gasteiger partial charge in [0.1, 0.15) is 0 Å². The summed E-state index contributed by atoms with van der Waals surface area (Å²) in [4.78, 5) is 20.8. The summed E-state index contributed by atoms with van der Waals surface area (Å²) in [5.41, 5.74) is 3.55. The first-order chi connectivity index (χ1) is 12.1. The van der Waals surface area contributed by atoms with Crippen molar-refractivity contribution in [1.29, 1.82) is 0 Å². The van der Waals surface area contributed by atoms with E-state index in [0.29, 0.717) is 9.90 Å². The highest BCUT2D eigenvalue weighted by molar-refractivity contribution is 7.19. The number of rotatable bonds is 2. The molecule has 25 heavy (non-hydrogen) atoms. The minimum absolute atomic E-state index is 0.0648. The van der Waals surface area contributed by atoms with Gasteiger partial charge in [-0.15, -0.1) is 11.3 Å². The maximum absolute atomic E-state index is 13.2. The Kier molecular flexibility index (Phi) is 4.32. The number of hydrogen-bond acceptors (Lipinski definition) is 3. The highest BCUT2D eigenvalue weighted by Gasteiger charge is 2.22. The van der Waals surface area contributed by atoms with Crippen molar-refractivity contribution in [3.8, 4) is 10.6 Å². The Morgan fingerprint density at radius 1 is 1.16 bits per heavy atom. The number of pyridine rings is 1. The van der Waals surface area contributed by atoms with Crippen LogP contribution < -0.4 is 0 Å². The SMILES string of the molecule is C=C1CCN(C(=O)c2cc(-c3ccc(Cl)s3)nc3ccccc23)CC1. The third-order valence-corrected chi connectivity index (χ3v) is 5.78. The van der Waals surface area contributed by atoms with Crippen LogP contribution >= 0.6 is 22.9 Å². The smallest absolute Gasteiger partial charge is 0.254 e. The molecule has 1 aromatic carbocycles. The van der Waals surface area contributed by atoms with Gasteiger partial charge in [0, 0.05) is 18.5 Å². The van der Waals surface area contributed by atoms with Crippen LogP contribution in [0.1, 0.15) is 23.2 Å². The summed E-state index contributed by atoms with van der Waals surface area (Å²) in [6.45, 7) is 5.49. The molecule has 1 amide bonds. The molecule has 0 spiro atoms. The number of halogens is 1. The molecule has 4 rings (SSSR count). The first-order valence-corrected chi connectivity index (χ1v) is 9.43. The normalized spacial score (nSPS) is 14.9. The predicted molar refractivity (Wildman–Crippen MR) is 104 cm³/mol. The van der Waals surface area contributed by atoms with Crippen LogP contribution in [-0.2, 0) is 0 Å². The molecule has 5 heteroatoms. The van der Waals surface area contributed by atoms with Crippen molar-refractivity contribution >= 4 is 39.7 Å². The van der Waals surface area contributed by atoms with E-state index in [2.05, 4.69) is 6.58 Å². The van der Waals surface area contributed by atoms with Crippen LogP contribution in [0.2, 0.25) is 4.34 Å². The molecule has 3 nitrogen and oxygen atoms in total. The number of benzene rings is 1. The number of amides is 1. The van der Waals surface area contributed by atoms with E-state index in [0.717, 1.165) is 47.4 Å². The molecule has 0 bridgehead atoms. The predicted octanol–water partition coefficient (Wildman–Crippen LogP) is 5.41. The Balaban J connectivity index is 1.81. The summed E-state index contributed by atoms with van der Waals surface area (Å²) in [6, 6.07) is 13.5. The molecule has 0 atom stereocenters. The third-order valence-electron chi connectivity index (χ3n) is 4.53. The van der Waals surface area contributed by atoms with Crippen molar-refractivity contribution in [3.05, 3.63) is 64.5 Å². The number of hydrogen-bond donors (Lipinski definition) is 0. The molecule has 1 fully saturated rings. The minimum Gasteiger partial charge on any atom is -0.338 e. The van der Waals surface area contributed by atoms with Gasteiger partial charge in [0.15, 0.2) is 0 Å². The first kappa shape index (κ1) is 16.3. The van der Waals surface area contributed by atoms with Crippen molar-refractivity contribution in [2.45, 2.75) is 12.8 Å².